The van der Waals surface area contributed by atoms with Crippen LogP contribution in [0.25, 0.3) is 0 Å². The van der Waals surface area contributed by atoms with Crippen LogP contribution in [0.2, 0.25) is 0 Å². The number of hydrogen-bond donors (Lipinski definition) is 0. The van der Waals surface area contributed by atoms with Gasteiger partial charge in [-0.15, -0.1) is 0 Å². The molecule has 0 aliphatic carbocycles. The van der Waals surface area contributed by atoms with E-state index >= 15 is 0 Å². The highest BCUT2D eigenvalue weighted by atomic mass is 16.5. The molecule has 1 aliphatic rings. The molecule has 7 nitrogen and oxygen atoms in total. The van der Waals surface area contributed by atoms with Crippen molar-refractivity contribution in [2.24, 2.45) is 0 Å². The fourth-order valence-electron chi connectivity index (χ4n) is 2.88. The molecular weight excluding hydrogens is 362 g/mol. The first kappa shape index (κ1) is 19.3. The number of esters is 2. The Morgan fingerprint density at radius 3 is 2.36 bits per heavy atom. The summed E-state index contributed by atoms with van der Waals surface area (Å²) in [6.45, 7) is 2.30. The van der Waals surface area contributed by atoms with Crippen LogP contribution >= 0.6 is 0 Å². The van der Waals surface area contributed by atoms with Crippen molar-refractivity contribution < 1.29 is 28.7 Å². The van der Waals surface area contributed by atoms with Crippen LogP contribution in [0.4, 0.5) is 5.69 Å². The third-order valence-corrected chi connectivity index (χ3v) is 4.38. The summed E-state index contributed by atoms with van der Waals surface area (Å²) >= 11 is 0. The van der Waals surface area contributed by atoms with Gasteiger partial charge in [0.1, 0.15) is 0 Å². The maximum atomic E-state index is 12.8. The summed E-state index contributed by atoms with van der Waals surface area (Å²) in [5.74, 6) is -2.20. The smallest absolute Gasteiger partial charge is 0.338 e. The average Bonchev–Trinajstić information content (AvgIpc) is 2.97. The predicted octanol–water partition coefficient (Wildman–Crippen LogP) is 3.23. The molecule has 2 amide bonds. The zero-order chi connectivity index (χ0) is 20.3. The number of imide groups is 1. The van der Waals surface area contributed by atoms with Crippen molar-refractivity contribution in [1.29, 1.82) is 0 Å². The molecule has 0 saturated heterocycles. The van der Waals surface area contributed by atoms with Crippen molar-refractivity contribution in [3.05, 3.63) is 64.7 Å². The van der Waals surface area contributed by atoms with Crippen LogP contribution < -0.4 is 4.90 Å². The SMILES string of the molecule is CCCCOC(=O)c1cccc(N2C(=O)c3ccc(C(=O)OC)cc3C2=O)c1. The summed E-state index contributed by atoms with van der Waals surface area (Å²) in [5, 5.41) is 0. The molecule has 0 radical (unpaired) electrons. The van der Waals surface area contributed by atoms with Gasteiger partial charge in [-0.25, -0.2) is 14.5 Å². The Balaban J connectivity index is 1.89. The molecule has 0 spiro atoms. The number of carbonyl (C=O) groups excluding carboxylic acids is 4. The van der Waals surface area contributed by atoms with Crippen LogP contribution in [0.3, 0.4) is 0 Å². The molecular formula is C21H19NO6. The molecule has 7 heteroatoms. The summed E-state index contributed by atoms with van der Waals surface area (Å²) in [6.07, 6.45) is 1.66. The number of rotatable bonds is 6. The summed E-state index contributed by atoms with van der Waals surface area (Å²) in [7, 11) is 1.24. The lowest BCUT2D eigenvalue weighted by molar-refractivity contribution is 0.0498. The van der Waals surface area contributed by atoms with E-state index in [0.717, 1.165) is 17.7 Å². The van der Waals surface area contributed by atoms with E-state index in [2.05, 4.69) is 4.74 Å². The van der Waals surface area contributed by atoms with Crippen molar-refractivity contribution >= 4 is 29.4 Å². The molecule has 3 rings (SSSR count). The number of carbonyl (C=O) groups is 4. The fraction of sp³-hybridized carbons (Fsp3) is 0.238. The van der Waals surface area contributed by atoms with E-state index in [0.29, 0.717) is 6.61 Å². The Bertz CT molecular complexity index is 965. The normalized spacial score (nSPS) is 12.7. The molecule has 1 heterocycles. The van der Waals surface area contributed by atoms with E-state index in [1.165, 1.54) is 31.4 Å². The summed E-state index contributed by atoms with van der Waals surface area (Å²) < 4.78 is 9.83. The topological polar surface area (TPSA) is 90.0 Å². The van der Waals surface area contributed by atoms with Gasteiger partial charge in [0.05, 0.1) is 41.7 Å². The second-order valence-corrected chi connectivity index (χ2v) is 6.24. The molecule has 0 aromatic heterocycles. The number of unbranched alkanes of at least 4 members (excludes halogenated alkanes) is 1. The Kier molecular flexibility index (Phi) is 5.54. The Morgan fingerprint density at radius 2 is 1.64 bits per heavy atom. The third-order valence-electron chi connectivity index (χ3n) is 4.38. The van der Waals surface area contributed by atoms with E-state index in [-0.39, 0.29) is 27.9 Å². The maximum absolute atomic E-state index is 12.8. The van der Waals surface area contributed by atoms with E-state index in [4.69, 9.17) is 4.74 Å². The van der Waals surface area contributed by atoms with Crippen LogP contribution in [0, 0.1) is 0 Å². The fourth-order valence-corrected chi connectivity index (χ4v) is 2.88. The number of benzene rings is 2. The number of amides is 2. The predicted molar refractivity (Wildman–Crippen MR) is 101 cm³/mol. The Hall–Kier alpha value is -3.48. The zero-order valence-corrected chi connectivity index (χ0v) is 15.6. The second-order valence-electron chi connectivity index (χ2n) is 6.24. The highest BCUT2D eigenvalue weighted by Crippen LogP contribution is 2.30. The van der Waals surface area contributed by atoms with Crippen LogP contribution in [0.5, 0.6) is 0 Å². The highest BCUT2D eigenvalue weighted by molar-refractivity contribution is 6.34. The Morgan fingerprint density at radius 1 is 0.929 bits per heavy atom. The molecule has 0 atom stereocenters. The van der Waals surface area contributed by atoms with Gasteiger partial charge in [-0.2, -0.15) is 0 Å². The largest absolute Gasteiger partial charge is 0.465 e. The van der Waals surface area contributed by atoms with E-state index in [1.807, 2.05) is 6.92 Å². The number of methoxy groups -OCH3 is 1. The molecule has 0 N–H and O–H groups in total. The first-order valence-corrected chi connectivity index (χ1v) is 8.86. The van der Waals surface area contributed by atoms with Crippen molar-refractivity contribution in [1.82, 2.24) is 0 Å². The quantitative estimate of drug-likeness (QED) is 0.434. The van der Waals surface area contributed by atoms with Crippen molar-refractivity contribution in [2.75, 3.05) is 18.6 Å². The summed E-state index contributed by atoms with van der Waals surface area (Å²) in [5.41, 5.74) is 0.992. The van der Waals surface area contributed by atoms with Gasteiger partial charge in [0.25, 0.3) is 11.8 Å². The minimum atomic E-state index is -0.599. The number of fused-ring (bicyclic) bond motifs is 1. The van der Waals surface area contributed by atoms with Gasteiger partial charge in [0.2, 0.25) is 0 Å². The summed E-state index contributed by atoms with van der Waals surface area (Å²) in [4.78, 5) is 50.4. The van der Waals surface area contributed by atoms with Crippen LogP contribution in [0.15, 0.2) is 42.5 Å². The minimum absolute atomic E-state index is 0.115. The molecule has 2 aromatic rings. The number of anilines is 1. The van der Waals surface area contributed by atoms with Crippen molar-refractivity contribution in [3.8, 4) is 0 Å². The van der Waals surface area contributed by atoms with Gasteiger partial charge >= 0.3 is 11.9 Å². The lowest BCUT2D eigenvalue weighted by Gasteiger charge is -2.14. The van der Waals surface area contributed by atoms with Crippen molar-refractivity contribution in [3.63, 3.8) is 0 Å². The molecule has 0 saturated carbocycles. The van der Waals surface area contributed by atoms with Crippen LogP contribution in [0.1, 0.15) is 61.2 Å². The molecule has 1 aliphatic heterocycles. The van der Waals surface area contributed by atoms with Crippen LogP contribution in [-0.4, -0.2) is 37.5 Å². The minimum Gasteiger partial charge on any atom is -0.465 e. The molecule has 2 aromatic carbocycles. The van der Waals surface area contributed by atoms with E-state index < -0.39 is 23.8 Å². The molecule has 0 unspecified atom stereocenters. The summed E-state index contributed by atoms with van der Waals surface area (Å²) in [6, 6.07) is 10.3. The van der Waals surface area contributed by atoms with Crippen molar-refractivity contribution in [2.45, 2.75) is 19.8 Å². The second kappa shape index (κ2) is 8.04. The maximum Gasteiger partial charge on any atom is 0.338 e. The number of hydrogen-bond acceptors (Lipinski definition) is 6. The first-order chi connectivity index (χ1) is 13.5. The van der Waals surface area contributed by atoms with E-state index in [1.54, 1.807) is 18.2 Å². The monoisotopic (exact) mass is 381 g/mol. The van der Waals surface area contributed by atoms with Gasteiger partial charge < -0.3 is 9.47 Å². The molecule has 0 fully saturated rings. The number of nitrogens with zero attached hydrogens (tertiary/aromatic N) is 1. The van der Waals surface area contributed by atoms with E-state index in [9.17, 15) is 19.2 Å². The van der Waals surface area contributed by atoms with Gasteiger partial charge in [-0.3, -0.25) is 9.59 Å². The lowest BCUT2D eigenvalue weighted by Crippen LogP contribution is -2.29. The molecule has 144 valence electrons. The van der Waals surface area contributed by atoms with Gasteiger partial charge in [-0.1, -0.05) is 19.4 Å². The molecule has 28 heavy (non-hydrogen) atoms. The van der Waals surface area contributed by atoms with Crippen LogP contribution in [-0.2, 0) is 9.47 Å². The standard InChI is InChI=1S/C21H19NO6/c1-3-4-10-28-21(26)13-6-5-7-15(11-13)22-18(23)16-9-8-14(20(25)27-2)12-17(16)19(22)24/h5-9,11-12H,3-4,10H2,1-2H3. The Labute approximate surface area is 161 Å². The zero-order valence-electron chi connectivity index (χ0n) is 15.6. The van der Waals surface area contributed by atoms with Gasteiger partial charge in [0.15, 0.2) is 0 Å². The third kappa shape index (κ3) is 3.51. The number of ether oxygens (including phenoxy) is 2. The lowest BCUT2D eigenvalue weighted by atomic mass is 10.1. The van der Waals surface area contributed by atoms with Gasteiger partial charge in [-0.05, 0) is 42.8 Å². The molecule has 0 bridgehead atoms. The van der Waals surface area contributed by atoms with Gasteiger partial charge in [0, 0.05) is 0 Å². The highest BCUT2D eigenvalue weighted by Gasteiger charge is 2.37. The average molecular weight is 381 g/mol. The first-order valence-electron chi connectivity index (χ1n) is 8.86.